The van der Waals surface area contributed by atoms with Gasteiger partial charge in [-0.05, 0) is 25.1 Å². The van der Waals surface area contributed by atoms with Gasteiger partial charge < -0.3 is 16.8 Å². The number of nitrogen functional groups attached to an aromatic ring is 2. The van der Waals surface area contributed by atoms with Crippen LogP contribution in [0.2, 0.25) is 0 Å². The van der Waals surface area contributed by atoms with Gasteiger partial charge in [0.15, 0.2) is 17.5 Å². The van der Waals surface area contributed by atoms with Crippen LogP contribution in [0.15, 0.2) is 54.7 Å². The largest absolute Gasteiger partial charge is 0.382 e. The molecule has 1 atom stereocenters. The summed E-state index contributed by atoms with van der Waals surface area (Å²) in [5.41, 5.74) is 14.5. The van der Waals surface area contributed by atoms with E-state index in [0.717, 1.165) is 5.69 Å². The third-order valence-corrected chi connectivity index (χ3v) is 5.71. The third kappa shape index (κ3) is 4.12. The maximum absolute atomic E-state index is 14.8. The summed E-state index contributed by atoms with van der Waals surface area (Å²) in [5, 5.41) is 12.6. The highest BCUT2D eigenvalue weighted by atomic mass is 19.1. The molecule has 0 bridgehead atoms. The second kappa shape index (κ2) is 8.67. The first-order chi connectivity index (χ1) is 16.8. The molecule has 0 saturated heterocycles. The molecule has 178 valence electrons. The lowest BCUT2D eigenvalue weighted by Gasteiger charge is -2.16. The van der Waals surface area contributed by atoms with Crippen molar-refractivity contribution < 1.29 is 8.78 Å². The summed E-state index contributed by atoms with van der Waals surface area (Å²) < 4.78 is 32.2. The van der Waals surface area contributed by atoms with E-state index < -0.39 is 11.6 Å². The molecule has 1 unspecified atom stereocenters. The smallest absolute Gasteiger partial charge is 0.184 e. The first-order valence-electron chi connectivity index (χ1n) is 10.9. The second-order valence-corrected chi connectivity index (χ2v) is 8.21. The molecule has 0 aliphatic rings. The van der Waals surface area contributed by atoms with Gasteiger partial charge in [0.05, 0.1) is 18.3 Å². The maximum Gasteiger partial charge on any atom is 0.184 e. The minimum atomic E-state index is -0.499. The molecule has 9 nitrogen and oxygen atoms in total. The number of nitrogens with one attached hydrogen (secondary N) is 1. The van der Waals surface area contributed by atoms with Crippen molar-refractivity contribution >= 4 is 28.2 Å². The second-order valence-electron chi connectivity index (χ2n) is 8.21. The average molecular weight is 476 g/mol. The maximum atomic E-state index is 14.8. The molecule has 11 heteroatoms. The lowest BCUT2D eigenvalue weighted by molar-refractivity contribution is 0.581. The summed E-state index contributed by atoms with van der Waals surface area (Å²) in [6, 6.07) is 12.5. The molecule has 3 heterocycles. The Bertz CT molecular complexity index is 1520. The normalized spacial score (nSPS) is 12.2. The van der Waals surface area contributed by atoms with Gasteiger partial charge in [-0.1, -0.05) is 30.3 Å². The van der Waals surface area contributed by atoms with E-state index >= 15 is 0 Å². The lowest BCUT2D eigenvalue weighted by atomic mass is 10.1. The highest BCUT2D eigenvalue weighted by Crippen LogP contribution is 2.33. The molecular formula is C24H23F2N9. The molecule has 5 rings (SSSR count). The SMILES string of the molecule is CC(Nc1c(N)nc(-c2nn(Cc3ccccc3F)c3c(F)cccc23)nc1N)c1ccn(C)n1. The predicted octanol–water partition coefficient (Wildman–Crippen LogP) is 3.89. The first kappa shape index (κ1) is 22.3. The summed E-state index contributed by atoms with van der Waals surface area (Å²) in [4.78, 5) is 8.80. The fourth-order valence-corrected chi connectivity index (χ4v) is 3.97. The van der Waals surface area contributed by atoms with E-state index in [2.05, 4.69) is 25.5 Å². The minimum absolute atomic E-state index is 0.0241. The van der Waals surface area contributed by atoms with Crippen LogP contribution < -0.4 is 16.8 Å². The minimum Gasteiger partial charge on any atom is -0.382 e. The summed E-state index contributed by atoms with van der Waals surface area (Å²) >= 11 is 0. The van der Waals surface area contributed by atoms with E-state index in [-0.39, 0.29) is 35.6 Å². The molecule has 0 fully saturated rings. The fraction of sp³-hybridized carbons (Fsp3) is 0.167. The van der Waals surface area contributed by atoms with E-state index in [4.69, 9.17) is 11.5 Å². The van der Waals surface area contributed by atoms with Crippen LogP contribution >= 0.6 is 0 Å². The van der Waals surface area contributed by atoms with Gasteiger partial charge in [0, 0.05) is 24.2 Å². The molecule has 0 amide bonds. The number of aryl methyl sites for hydroxylation is 1. The monoisotopic (exact) mass is 475 g/mol. The summed E-state index contributed by atoms with van der Waals surface area (Å²) in [6.45, 7) is 1.94. The quantitative estimate of drug-likeness (QED) is 0.340. The Labute approximate surface area is 199 Å². The lowest BCUT2D eigenvalue weighted by Crippen LogP contribution is -2.14. The molecule has 0 radical (unpaired) electrons. The van der Waals surface area contributed by atoms with Crippen LogP contribution in [0.1, 0.15) is 24.2 Å². The number of para-hydroxylation sites is 1. The van der Waals surface area contributed by atoms with Crippen molar-refractivity contribution in [1.82, 2.24) is 29.5 Å². The summed E-state index contributed by atoms with van der Waals surface area (Å²) in [5.74, 6) is -0.539. The van der Waals surface area contributed by atoms with Crippen molar-refractivity contribution in [2.75, 3.05) is 16.8 Å². The van der Waals surface area contributed by atoms with Crippen LogP contribution in [-0.2, 0) is 13.6 Å². The highest BCUT2D eigenvalue weighted by Gasteiger charge is 2.21. The molecule has 5 aromatic rings. The van der Waals surface area contributed by atoms with Crippen LogP contribution in [0.3, 0.4) is 0 Å². The van der Waals surface area contributed by atoms with E-state index in [0.29, 0.717) is 22.3 Å². The predicted molar refractivity (Wildman–Crippen MR) is 130 cm³/mol. The van der Waals surface area contributed by atoms with E-state index in [1.807, 2.05) is 26.2 Å². The molecule has 35 heavy (non-hydrogen) atoms. The Hall–Kier alpha value is -4.54. The molecule has 2 aromatic carbocycles. The summed E-state index contributed by atoms with van der Waals surface area (Å²) in [6.07, 6.45) is 1.84. The zero-order valence-corrected chi connectivity index (χ0v) is 19.1. The van der Waals surface area contributed by atoms with Crippen molar-refractivity contribution in [3.63, 3.8) is 0 Å². The third-order valence-electron chi connectivity index (χ3n) is 5.71. The summed E-state index contributed by atoms with van der Waals surface area (Å²) in [7, 11) is 1.83. The van der Waals surface area contributed by atoms with Gasteiger partial charge >= 0.3 is 0 Å². The number of benzene rings is 2. The topological polar surface area (TPSA) is 125 Å². The zero-order chi connectivity index (χ0) is 24.7. The Balaban J connectivity index is 1.55. The Morgan fingerprint density at radius 1 is 0.943 bits per heavy atom. The number of aromatic nitrogens is 6. The molecule has 5 N–H and O–H groups in total. The molecule has 0 aliphatic heterocycles. The van der Waals surface area contributed by atoms with Crippen LogP contribution in [0, 0.1) is 11.6 Å². The van der Waals surface area contributed by atoms with Crippen LogP contribution in [0.5, 0.6) is 0 Å². The van der Waals surface area contributed by atoms with Gasteiger partial charge in [-0.2, -0.15) is 10.2 Å². The van der Waals surface area contributed by atoms with Crippen molar-refractivity contribution in [1.29, 1.82) is 0 Å². The molecule has 0 saturated carbocycles. The highest BCUT2D eigenvalue weighted by molar-refractivity contribution is 5.93. The fourth-order valence-electron chi connectivity index (χ4n) is 3.97. The average Bonchev–Trinajstić information content (AvgIpc) is 3.42. The van der Waals surface area contributed by atoms with Gasteiger partial charge in [0.2, 0.25) is 0 Å². The van der Waals surface area contributed by atoms with E-state index in [1.165, 1.54) is 16.8 Å². The van der Waals surface area contributed by atoms with Gasteiger partial charge in [-0.3, -0.25) is 9.36 Å². The number of nitrogens with zero attached hydrogens (tertiary/aromatic N) is 6. The number of rotatable bonds is 6. The number of nitrogens with two attached hydrogens (primary N) is 2. The van der Waals surface area contributed by atoms with Crippen LogP contribution in [0.4, 0.5) is 26.1 Å². The van der Waals surface area contributed by atoms with Crippen LogP contribution in [-0.4, -0.2) is 29.5 Å². The molecule has 0 aliphatic carbocycles. The Morgan fingerprint density at radius 3 is 2.34 bits per heavy atom. The van der Waals surface area contributed by atoms with Gasteiger partial charge in [0.25, 0.3) is 0 Å². The van der Waals surface area contributed by atoms with Gasteiger partial charge in [-0.25, -0.2) is 18.7 Å². The van der Waals surface area contributed by atoms with E-state index in [1.54, 1.807) is 35.0 Å². The Morgan fingerprint density at radius 2 is 1.66 bits per heavy atom. The van der Waals surface area contributed by atoms with Crippen molar-refractivity contribution in [3.05, 3.63) is 77.6 Å². The van der Waals surface area contributed by atoms with Gasteiger partial charge in [0.1, 0.15) is 28.5 Å². The van der Waals surface area contributed by atoms with Crippen LogP contribution in [0.25, 0.3) is 22.4 Å². The molecule has 0 spiro atoms. The molecule has 3 aromatic heterocycles. The number of hydrogen-bond donors (Lipinski definition) is 3. The van der Waals surface area contributed by atoms with Gasteiger partial charge in [-0.15, -0.1) is 0 Å². The Kier molecular flexibility index (Phi) is 5.51. The van der Waals surface area contributed by atoms with Crippen molar-refractivity contribution in [2.45, 2.75) is 19.5 Å². The number of fused-ring (bicyclic) bond motifs is 1. The first-order valence-corrected chi connectivity index (χ1v) is 10.9. The number of anilines is 3. The zero-order valence-electron chi connectivity index (χ0n) is 19.1. The number of hydrogen-bond acceptors (Lipinski definition) is 7. The molecular weight excluding hydrogens is 452 g/mol. The van der Waals surface area contributed by atoms with Crippen molar-refractivity contribution in [3.8, 4) is 11.5 Å². The van der Waals surface area contributed by atoms with E-state index in [9.17, 15) is 8.78 Å². The van der Waals surface area contributed by atoms with Crippen molar-refractivity contribution in [2.24, 2.45) is 7.05 Å². The standard InChI is InChI=1S/C24H23F2N9/c1-13(18-10-11-34(2)32-18)29-20-22(27)30-24(31-23(20)28)19-15-7-5-9-17(26)21(15)35(33-19)12-14-6-3-4-8-16(14)25/h3-11,13,29H,12H2,1-2H3,(H4,27,28,30,31). The number of halogens is 2.